The smallest absolute Gasteiger partial charge is 0.197 e. The molecule has 6 rings (SSSR count). The van der Waals surface area contributed by atoms with Crippen molar-refractivity contribution in [3.63, 3.8) is 0 Å². The summed E-state index contributed by atoms with van der Waals surface area (Å²) in [6, 6.07) is 9.60. The summed E-state index contributed by atoms with van der Waals surface area (Å²) in [6.07, 6.45) is 7.90. The maximum atomic E-state index is 9.33. The molecule has 0 amide bonds. The van der Waals surface area contributed by atoms with Gasteiger partial charge in [0.15, 0.2) is 11.4 Å². The van der Waals surface area contributed by atoms with Gasteiger partial charge in [0.05, 0.1) is 55.7 Å². The molecule has 4 aromatic heterocycles. The number of pyridine rings is 2. The monoisotopic (exact) mass is 499 g/mol. The van der Waals surface area contributed by atoms with E-state index in [1.807, 2.05) is 12.3 Å². The zero-order valence-electron chi connectivity index (χ0n) is 21.6. The lowest BCUT2D eigenvalue weighted by atomic mass is 9.82. The van der Waals surface area contributed by atoms with Gasteiger partial charge in [-0.2, -0.15) is 10.4 Å². The van der Waals surface area contributed by atoms with Crippen molar-refractivity contribution in [2.24, 2.45) is 0 Å². The molecule has 1 N–H and O–H groups in total. The molecule has 192 valence electrons. The molecule has 4 aromatic rings. The molecule has 9 heteroatoms. The Morgan fingerprint density at radius 3 is 2.70 bits per heavy atom. The lowest BCUT2D eigenvalue weighted by Gasteiger charge is -2.43. The lowest BCUT2D eigenvalue weighted by molar-refractivity contribution is -0.0794. The minimum atomic E-state index is 0.281. The number of ether oxygens (including phenoxy) is 2. The van der Waals surface area contributed by atoms with Crippen LogP contribution in [-0.2, 0) is 4.74 Å². The Hall–Kier alpha value is -3.48. The number of nitrogens with one attached hydrogen (secondary N) is 1. The molecule has 0 spiro atoms. The van der Waals surface area contributed by atoms with Gasteiger partial charge < -0.3 is 14.5 Å². The molecule has 37 heavy (non-hydrogen) atoms. The summed E-state index contributed by atoms with van der Waals surface area (Å²) in [5.74, 6) is 1.41. The molecule has 1 saturated heterocycles. The third-order valence-electron chi connectivity index (χ3n) is 8.06. The highest BCUT2D eigenvalue weighted by Crippen LogP contribution is 2.39. The van der Waals surface area contributed by atoms with Gasteiger partial charge in [-0.25, -0.2) is 9.50 Å². The van der Waals surface area contributed by atoms with Crippen molar-refractivity contribution in [2.45, 2.75) is 63.5 Å². The fourth-order valence-electron chi connectivity index (χ4n) is 6.06. The van der Waals surface area contributed by atoms with Crippen LogP contribution < -0.4 is 4.74 Å². The number of methoxy groups -OCH3 is 1. The van der Waals surface area contributed by atoms with Gasteiger partial charge in [-0.3, -0.25) is 9.88 Å². The third kappa shape index (κ3) is 4.24. The van der Waals surface area contributed by atoms with E-state index in [4.69, 9.17) is 14.5 Å². The van der Waals surface area contributed by atoms with E-state index >= 15 is 0 Å². The fraction of sp³-hybridized carbons (Fsp3) is 0.500. The number of fused-ring (bicyclic) bond motifs is 2. The quantitative estimate of drug-likeness (QED) is 0.369. The van der Waals surface area contributed by atoms with E-state index in [2.05, 4.69) is 52.0 Å². The van der Waals surface area contributed by atoms with Crippen molar-refractivity contribution in [2.75, 3.05) is 26.9 Å². The molecule has 1 saturated carbocycles. The number of nitriles is 1. The van der Waals surface area contributed by atoms with E-state index in [0.29, 0.717) is 35.9 Å². The van der Waals surface area contributed by atoms with Crippen molar-refractivity contribution in [1.82, 2.24) is 29.5 Å². The minimum Gasteiger partial charge on any atom is -0.493 e. The van der Waals surface area contributed by atoms with Gasteiger partial charge in [0.2, 0.25) is 0 Å². The molecule has 2 aliphatic rings. The highest BCUT2D eigenvalue weighted by atomic mass is 16.5. The van der Waals surface area contributed by atoms with E-state index < -0.39 is 0 Å². The fourth-order valence-corrected chi connectivity index (χ4v) is 6.06. The first kappa shape index (κ1) is 23.9. The van der Waals surface area contributed by atoms with E-state index in [0.717, 1.165) is 61.2 Å². The summed E-state index contributed by atoms with van der Waals surface area (Å²) in [5.41, 5.74) is 7.19. The van der Waals surface area contributed by atoms with E-state index in [1.54, 1.807) is 11.6 Å². The van der Waals surface area contributed by atoms with Crippen molar-refractivity contribution >= 4 is 16.7 Å². The molecule has 0 aromatic carbocycles. The Morgan fingerprint density at radius 2 is 2.03 bits per heavy atom. The van der Waals surface area contributed by atoms with Crippen LogP contribution in [-0.4, -0.2) is 68.4 Å². The first-order chi connectivity index (χ1) is 18.1. The van der Waals surface area contributed by atoms with Gasteiger partial charge in [0.1, 0.15) is 6.33 Å². The molecule has 1 aliphatic carbocycles. The van der Waals surface area contributed by atoms with E-state index in [9.17, 15) is 5.26 Å². The van der Waals surface area contributed by atoms with Crippen LogP contribution >= 0.6 is 0 Å². The second-order valence-corrected chi connectivity index (χ2v) is 10.6. The second-order valence-electron chi connectivity index (χ2n) is 10.6. The maximum absolute atomic E-state index is 9.33. The van der Waals surface area contributed by atoms with Crippen molar-refractivity contribution < 1.29 is 9.47 Å². The second kappa shape index (κ2) is 9.77. The van der Waals surface area contributed by atoms with Crippen LogP contribution in [0.25, 0.3) is 27.9 Å². The molecule has 0 unspecified atom stereocenters. The SMILES string of the molecule is COc1cc(-c2[nH]c3ccc(C4CCC(N(CC#N)C5COC5)CC4)nc3c2C(C)C)cn2ncnc12. The van der Waals surface area contributed by atoms with Gasteiger partial charge in [0, 0.05) is 35.0 Å². The van der Waals surface area contributed by atoms with Crippen LogP contribution in [0, 0.1) is 11.3 Å². The lowest BCUT2D eigenvalue weighted by Crippen LogP contribution is -2.54. The normalized spacial score (nSPS) is 20.5. The van der Waals surface area contributed by atoms with Crippen LogP contribution in [0.1, 0.15) is 62.6 Å². The number of aromatic amines is 1. The Labute approximate surface area is 216 Å². The number of hydrogen-bond donors (Lipinski definition) is 1. The van der Waals surface area contributed by atoms with Crippen LogP contribution in [0.2, 0.25) is 0 Å². The summed E-state index contributed by atoms with van der Waals surface area (Å²) in [7, 11) is 1.66. The predicted molar refractivity (Wildman–Crippen MR) is 141 cm³/mol. The summed E-state index contributed by atoms with van der Waals surface area (Å²) in [4.78, 5) is 15.6. The number of aromatic nitrogens is 5. The highest BCUT2D eigenvalue weighted by Gasteiger charge is 2.34. The molecular formula is C28H33N7O2. The largest absolute Gasteiger partial charge is 0.493 e. The first-order valence-electron chi connectivity index (χ1n) is 13.2. The minimum absolute atomic E-state index is 0.281. The van der Waals surface area contributed by atoms with E-state index in [1.165, 1.54) is 17.6 Å². The molecule has 1 aliphatic heterocycles. The molecule has 5 heterocycles. The summed E-state index contributed by atoms with van der Waals surface area (Å²) in [6.45, 7) is 6.42. The zero-order chi connectivity index (χ0) is 25.5. The van der Waals surface area contributed by atoms with Gasteiger partial charge in [-0.05, 0) is 49.8 Å². The van der Waals surface area contributed by atoms with Gasteiger partial charge in [0.25, 0.3) is 0 Å². The predicted octanol–water partition coefficient (Wildman–Crippen LogP) is 4.66. The molecule has 0 bridgehead atoms. The topological polar surface area (TPSA) is 104 Å². The van der Waals surface area contributed by atoms with Gasteiger partial charge in [-0.1, -0.05) is 13.8 Å². The van der Waals surface area contributed by atoms with Crippen molar-refractivity contribution in [1.29, 1.82) is 5.26 Å². The van der Waals surface area contributed by atoms with Crippen LogP contribution in [0.5, 0.6) is 5.75 Å². The van der Waals surface area contributed by atoms with Crippen LogP contribution in [0.15, 0.2) is 30.7 Å². The number of hydrogen-bond acceptors (Lipinski definition) is 7. The highest BCUT2D eigenvalue weighted by molar-refractivity contribution is 5.89. The number of H-pyrrole nitrogens is 1. The van der Waals surface area contributed by atoms with Gasteiger partial charge >= 0.3 is 0 Å². The first-order valence-corrected chi connectivity index (χ1v) is 13.2. The number of rotatable bonds is 7. The standard InChI is InChI=1S/C28H33N7O2/c1-17(2)25-26(19-12-24(36-3)28-30-16-31-35(28)13-19)33-23-9-8-22(32-27(23)25)18-4-6-20(7-5-18)34(11-10-29)21-14-37-15-21/h8-9,12-13,16-18,20-21,33H,4-7,11,14-15H2,1-3H3. The van der Waals surface area contributed by atoms with Crippen LogP contribution in [0.3, 0.4) is 0 Å². The van der Waals surface area contributed by atoms with Gasteiger partial charge in [-0.15, -0.1) is 0 Å². The Balaban J connectivity index is 1.30. The third-order valence-corrected chi connectivity index (χ3v) is 8.06. The Bertz CT molecular complexity index is 1450. The number of nitrogens with zero attached hydrogens (tertiary/aromatic N) is 6. The average molecular weight is 500 g/mol. The maximum Gasteiger partial charge on any atom is 0.197 e. The summed E-state index contributed by atoms with van der Waals surface area (Å²) < 4.78 is 12.8. The Kier molecular flexibility index (Phi) is 6.31. The molecular weight excluding hydrogens is 466 g/mol. The molecule has 2 fully saturated rings. The van der Waals surface area contributed by atoms with Crippen LogP contribution in [0.4, 0.5) is 0 Å². The summed E-state index contributed by atoms with van der Waals surface area (Å²) in [5, 5.41) is 13.7. The molecule has 0 atom stereocenters. The van der Waals surface area contributed by atoms with Crippen molar-refractivity contribution in [3.05, 3.63) is 42.0 Å². The zero-order valence-corrected chi connectivity index (χ0v) is 21.6. The van der Waals surface area contributed by atoms with Crippen molar-refractivity contribution in [3.8, 4) is 23.1 Å². The molecule has 0 radical (unpaired) electrons. The average Bonchev–Trinajstić information content (AvgIpc) is 3.51. The summed E-state index contributed by atoms with van der Waals surface area (Å²) >= 11 is 0. The Morgan fingerprint density at radius 1 is 1.22 bits per heavy atom. The van der Waals surface area contributed by atoms with E-state index in [-0.39, 0.29) is 5.92 Å². The molecule has 9 nitrogen and oxygen atoms in total.